The number of rotatable bonds is 36. The molecule has 0 saturated heterocycles. The normalized spacial score (nSPS) is 17.6. The number of aromatic nitrogens is 3. The van der Waals surface area contributed by atoms with Gasteiger partial charge in [-0.05, 0) is 206 Å². The van der Waals surface area contributed by atoms with Crippen molar-refractivity contribution in [1.82, 2.24) is 46.9 Å². The van der Waals surface area contributed by atoms with E-state index in [0.29, 0.717) is 86.3 Å². The molecule has 141 heavy (non-hydrogen) atoms. The van der Waals surface area contributed by atoms with E-state index in [0.717, 1.165) is 48.9 Å². The molecule has 3 aromatic heterocycles. The van der Waals surface area contributed by atoms with Crippen LogP contribution in [-0.2, 0) is 69.2 Å². The van der Waals surface area contributed by atoms with Crippen LogP contribution >= 0.6 is 34.8 Å². The summed E-state index contributed by atoms with van der Waals surface area (Å²) in [6.45, 7) is 14.0. The van der Waals surface area contributed by atoms with Gasteiger partial charge in [0.2, 0.25) is 0 Å². The summed E-state index contributed by atoms with van der Waals surface area (Å²) in [4.78, 5) is 87.4. The fraction of sp³-hybridized carbons (Fsp3) is 0.398. The van der Waals surface area contributed by atoms with Gasteiger partial charge < -0.3 is 76.7 Å². The zero-order valence-electron chi connectivity index (χ0n) is 78.2. The van der Waals surface area contributed by atoms with Crippen LogP contribution in [0.5, 0.6) is 17.2 Å². The van der Waals surface area contributed by atoms with Crippen molar-refractivity contribution in [3.8, 4) is 17.2 Å². The number of aliphatic hydroxyl groups excluding tert-OH is 1. The van der Waals surface area contributed by atoms with Crippen molar-refractivity contribution in [2.45, 2.75) is 233 Å². The molecule has 3 fully saturated rings. The minimum Gasteiger partial charge on any atom is -1.00 e. The molecule has 8 N–H and O–H groups in total. The molecule has 3 aliphatic rings. The molecular weight excluding hydrogens is 1960 g/mol. The summed E-state index contributed by atoms with van der Waals surface area (Å²) in [5, 5.41) is 36.8. The van der Waals surface area contributed by atoms with Crippen molar-refractivity contribution < 1.29 is 169 Å². The van der Waals surface area contributed by atoms with E-state index in [9.17, 15) is 90.9 Å². The fourth-order valence-electron chi connectivity index (χ4n) is 15.6. The third-order valence-corrected chi connectivity index (χ3v) is 22.3. The molecule has 3 heterocycles. The zero-order valence-corrected chi connectivity index (χ0v) is 81.5. The minimum absolute atomic E-state index is 0. The fourth-order valence-corrected chi connectivity index (χ4v) is 15.9. The summed E-state index contributed by atoms with van der Waals surface area (Å²) in [5.41, 5.74) is -4.36. The summed E-state index contributed by atoms with van der Waals surface area (Å²) in [7, 11) is 0. The molecule has 9 aromatic rings. The summed E-state index contributed by atoms with van der Waals surface area (Å²) in [6.07, 6.45) is -19.0. The van der Waals surface area contributed by atoms with Crippen LogP contribution in [0.15, 0.2) is 213 Å². The average Bonchev–Trinajstić information content (AvgIpc) is 0.825. The maximum absolute atomic E-state index is 15.1. The quantitative estimate of drug-likeness (QED) is 0.00783. The second-order valence-electron chi connectivity index (χ2n) is 34.7. The number of nitrogens with one attached hydrogen (secondary N) is 6. The molecule has 3 saturated carbocycles. The van der Waals surface area contributed by atoms with E-state index in [2.05, 4.69) is 67.6 Å². The molecular formula is C98H104Cl3F15N9NaO15. The number of carbonyl (C=O) groups excluding carboxylic acids is 5. The van der Waals surface area contributed by atoms with Crippen molar-refractivity contribution in [3.63, 3.8) is 0 Å². The maximum atomic E-state index is 15.1. The van der Waals surface area contributed by atoms with Gasteiger partial charge >= 0.3 is 103 Å². The van der Waals surface area contributed by atoms with Crippen molar-refractivity contribution in [2.75, 3.05) is 13.2 Å². The number of esters is 2. The van der Waals surface area contributed by atoms with Crippen LogP contribution in [-0.4, -0.2) is 160 Å². The van der Waals surface area contributed by atoms with Gasteiger partial charge in [-0.15, -0.1) is 0 Å². The molecule has 24 nitrogen and oxygen atoms in total. The van der Waals surface area contributed by atoms with Gasteiger partial charge in [-0.1, -0.05) is 132 Å². The number of amides is 6. The largest absolute Gasteiger partial charge is 1.00 e. The molecule has 6 aromatic carbocycles. The monoisotopic (exact) mass is 2060 g/mol. The number of urea groups is 3. The Kier molecular flexibility index (Phi) is 42.2. The predicted molar refractivity (Wildman–Crippen MR) is 488 cm³/mol. The van der Waals surface area contributed by atoms with Crippen LogP contribution in [0.3, 0.4) is 0 Å². The van der Waals surface area contributed by atoms with Gasteiger partial charge in [0.1, 0.15) is 62.5 Å². The van der Waals surface area contributed by atoms with E-state index in [1.807, 2.05) is 20.8 Å². The van der Waals surface area contributed by atoms with Crippen LogP contribution in [0.1, 0.15) is 164 Å². The Morgan fingerprint density at radius 1 is 0.440 bits per heavy atom. The number of benzene rings is 6. The Morgan fingerprint density at radius 3 is 1.01 bits per heavy atom. The number of pyridine rings is 3. The van der Waals surface area contributed by atoms with Gasteiger partial charge in [-0.3, -0.25) is 24.5 Å². The maximum Gasteiger partial charge on any atom is 1.00 e. The first kappa shape index (κ1) is 115. The number of nitrogens with zero attached hydrogens (tertiary/aromatic N) is 3. The Balaban J connectivity index is 0.000000276. The zero-order chi connectivity index (χ0) is 103. The van der Waals surface area contributed by atoms with Crippen LogP contribution in [0.2, 0.25) is 15.1 Å². The second-order valence-corrected chi connectivity index (χ2v) is 36.0. The molecule has 758 valence electrons. The number of aliphatic hydroxyl groups is 1. The van der Waals surface area contributed by atoms with E-state index in [4.69, 9.17) is 58.9 Å². The van der Waals surface area contributed by atoms with E-state index in [-0.39, 0.29) is 131 Å². The Labute approximate surface area is 841 Å². The smallest absolute Gasteiger partial charge is 1.00 e. The first-order valence-corrected chi connectivity index (χ1v) is 44.9. The number of carboxylic acids is 1. The third-order valence-electron chi connectivity index (χ3n) is 21.6. The summed E-state index contributed by atoms with van der Waals surface area (Å²) in [6, 6.07) is 38.4. The van der Waals surface area contributed by atoms with Crippen molar-refractivity contribution in [2.24, 2.45) is 0 Å². The Hall–Kier alpha value is -11.2. The molecule has 3 aliphatic carbocycles. The van der Waals surface area contributed by atoms with E-state index < -0.39 is 167 Å². The standard InChI is InChI=1S/C34H37ClF5N3O5.C30H29ClF5N3O5.C27H25ClF5N3O3.C7H12O2.Na.H/c1-32(2,3)48-29(44)14-15-46-27-11-7-10-26(27)42-31(45)43-33(19-21-8-5-4-6-9-21,28-13-12-23(35)20-41-28)22-16-24(36)18-25(17-22)47-34(39,40)30(37)38;31-20-9-10-25(37-17-20)29(16-18-5-2-1-3-6-18,19-13-21(32)15-22(14-19)44-30(35,36)27(33)34)39-28(42)38-23-7-4-8-24(23)43-12-11-26(40)41;28-18-9-10-23(34-15-18)26(14-16-5-2-1-3-6-16,36-25(38)35-21-7-4-8-22(21)37)17-11-19(29)13-20(12-17)39-27(32,33)24(30)31;1-5-6(8)9-7(2,3)4;;/h4-6,8-9,12-13,16-18,20,26-27,30H,7,10-11,14-15,19H2,1-3H3,(H2,42,43,45);1-3,5-6,9-10,13-15,17,23-24,27H,4,7-8,11-12,16H2,(H,40,41)(H2,38,39,42);1-3,5-6,9-13,15,21-22,24,37H,4,7-8,14H2,(H2,35,36,38);5H,1H2,2-4H3;;/q;;;;+1;-1/t26?,27-,33+;23?,24-,29+;21?,22-,26+;;;/m111.../s1. The van der Waals surface area contributed by atoms with Crippen molar-refractivity contribution in [3.05, 3.63) is 296 Å². The number of hydrogen-bond acceptors (Lipinski definition) is 17. The van der Waals surface area contributed by atoms with E-state index in [1.54, 1.807) is 112 Å². The molecule has 9 atom stereocenters. The van der Waals surface area contributed by atoms with Gasteiger partial charge in [-0.25, -0.2) is 32.3 Å². The Morgan fingerprint density at radius 2 is 0.745 bits per heavy atom. The minimum atomic E-state index is -4.92. The summed E-state index contributed by atoms with van der Waals surface area (Å²) < 4.78 is 240. The number of alkyl halides is 12. The number of aliphatic carboxylic acids is 1. The van der Waals surface area contributed by atoms with Crippen molar-refractivity contribution in [1.29, 1.82) is 0 Å². The molecule has 0 radical (unpaired) electrons. The molecule has 12 rings (SSSR count). The van der Waals surface area contributed by atoms with Gasteiger partial charge in [-0.2, -0.15) is 52.7 Å². The molecule has 0 aliphatic heterocycles. The number of ether oxygens (including phenoxy) is 7. The molecule has 6 amide bonds. The van der Waals surface area contributed by atoms with E-state index >= 15 is 8.78 Å². The van der Waals surface area contributed by atoms with Gasteiger partial charge in [0.15, 0.2) is 0 Å². The van der Waals surface area contributed by atoms with Crippen LogP contribution in [0.4, 0.5) is 80.2 Å². The summed E-state index contributed by atoms with van der Waals surface area (Å²) >= 11 is 18.2. The predicted octanol–water partition coefficient (Wildman–Crippen LogP) is 18.3. The van der Waals surface area contributed by atoms with Gasteiger partial charge in [0, 0.05) is 62.1 Å². The van der Waals surface area contributed by atoms with Crippen molar-refractivity contribution >= 4 is 70.8 Å². The van der Waals surface area contributed by atoms with E-state index in [1.165, 1.54) is 55.0 Å². The number of halogens is 18. The number of hydrogen-bond donors (Lipinski definition) is 8. The van der Waals surface area contributed by atoms with Gasteiger partial charge in [0.25, 0.3) is 0 Å². The summed E-state index contributed by atoms with van der Waals surface area (Å²) in [5.74, 6) is -7.76. The average molecular weight is 2060 g/mol. The molecule has 43 heteroatoms. The van der Waals surface area contributed by atoms with Crippen LogP contribution in [0, 0.1) is 17.5 Å². The molecule has 0 spiro atoms. The topological polar surface area (TPSA) is 318 Å². The van der Waals surface area contributed by atoms with Crippen LogP contribution < -0.4 is 75.7 Å². The Bertz CT molecular complexity index is 5610. The first-order chi connectivity index (χ1) is 65.9. The second kappa shape index (κ2) is 51.7. The number of carbonyl (C=O) groups is 6. The van der Waals surface area contributed by atoms with Gasteiger partial charge in [0.05, 0.1) is 94.6 Å². The third kappa shape index (κ3) is 34.9. The SMILES string of the molecule is C=CC(=O)OC(C)(C)C.CC(C)(C)OC(=O)CCO[C@@H]1CCCC1NC(=O)N[C@@](Cc1ccccc1)(c1cc(F)cc(OC(F)(F)C(F)F)c1)c1ccc(Cl)cn1.O=C(NC1CCC[C@H]1O)N[C@@](Cc1ccccc1)(c1cc(F)cc(OC(F)(F)C(F)F)c1)c1ccc(Cl)cn1.O=C(O)CCO[C@@H]1CCCC1NC(=O)N[C@@](Cc1ccccc1)(c1cc(F)cc(OC(F)(F)C(F)F)c1)c1ccc(Cl)cn1.[H-].[Na+]. The number of carboxylic acid groups (broad SMARTS) is 1. The first-order valence-electron chi connectivity index (χ1n) is 43.8. The molecule has 3 unspecified atom stereocenters. The molecule has 0 bridgehead atoms. The van der Waals surface area contributed by atoms with Crippen LogP contribution in [0.25, 0.3) is 0 Å².